The van der Waals surface area contributed by atoms with Gasteiger partial charge in [0.15, 0.2) is 0 Å². The fraction of sp³-hybridized carbons (Fsp3) is 0.933. The van der Waals surface area contributed by atoms with Crippen LogP contribution in [0.15, 0.2) is 0 Å². The lowest BCUT2D eigenvalue weighted by molar-refractivity contribution is -0.122. The zero-order valence-electron chi connectivity index (χ0n) is 12.9. The lowest BCUT2D eigenvalue weighted by atomic mass is 9.94. The first kappa shape index (κ1) is 16.2. The van der Waals surface area contributed by atoms with Gasteiger partial charge in [-0.1, -0.05) is 6.42 Å². The van der Waals surface area contributed by atoms with E-state index >= 15 is 0 Å². The fourth-order valence-electron chi connectivity index (χ4n) is 4.37. The van der Waals surface area contributed by atoms with Crippen molar-refractivity contribution in [2.75, 3.05) is 25.5 Å². The number of rotatable bonds is 5. The van der Waals surface area contributed by atoms with E-state index in [0.717, 1.165) is 45.3 Å². The maximum Gasteiger partial charge on any atom is 0.236 e. The zero-order chi connectivity index (χ0) is 15.7. The molecule has 7 heteroatoms. The quantitative estimate of drug-likeness (QED) is 0.804. The van der Waals surface area contributed by atoms with Crippen LogP contribution in [0.3, 0.4) is 0 Å². The van der Waals surface area contributed by atoms with E-state index < -0.39 is 22.0 Å². The number of carbonyl (C=O) groups is 1. The van der Waals surface area contributed by atoms with E-state index in [4.69, 9.17) is 10.5 Å². The molecule has 6 nitrogen and oxygen atoms in total. The molecule has 2 saturated heterocycles. The smallest absolute Gasteiger partial charge is 0.236 e. The number of carbonyl (C=O) groups excluding carboxylic acids is 1. The lowest BCUT2D eigenvalue weighted by Crippen LogP contribution is -2.47. The summed E-state index contributed by atoms with van der Waals surface area (Å²) in [6, 6.07) is -0.618. The van der Waals surface area contributed by atoms with Crippen LogP contribution in [-0.4, -0.2) is 50.2 Å². The number of fused-ring (bicyclic) bond motifs is 1. The molecule has 22 heavy (non-hydrogen) atoms. The molecular formula is C15H26N2O4S. The SMILES string of the molecule is NC(=O)[C@@H]1[C@@H]2CCC[C@H]2CN1S(=O)(=O)CCC1CCOCC1. The van der Waals surface area contributed by atoms with E-state index in [-0.39, 0.29) is 11.7 Å². The molecule has 0 aromatic carbocycles. The Morgan fingerprint density at radius 3 is 2.59 bits per heavy atom. The number of hydrogen-bond donors (Lipinski definition) is 1. The van der Waals surface area contributed by atoms with Gasteiger partial charge in [0.1, 0.15) is 6.04 Å². The predicted octanol–water partition coefficient (Wildman–Crippen LogP) is 0.719. The minimum Gasteiger partial charge on any atom is -0.381 e. The van der Waals surface area contributed by atoms with Gasteiger partial charge in [-0.05, 0) is 49.9 Å². The summed E-state index contributed by atoms with van der Waals surface area (Å²) < 4.78 is 32.1. The molecule has 0 aromatic rings. The van der Waals surface area contributed by atoms with Crippen molar-refractivity contribution >= 4 is 15.9 Å². The molecule has 3 aliphatic rings. The molecule has 2 aliphatic heterocycles. The van der Waals surface area contributed by atoms with E-state index in [1.165, 1.54) is 4.31 Å². The van der Waals surface area contributed by atoms with Crippen LogP contribution in [0, 0.1) is 17.8 Å². The Kier molecular flexibility index (Phi) is 4.75. The average molecular weight is 330 g/mol. The number of ether oxygens (including phenoxy) is 1. The number of nitrogens with two attached hydrogens (primary N) is 1. The summed E-state index contributed by atoms with van der Waals surface area (Å²) in [6.45, 7) is 1.93. The Bertz CT molecular complexity index is 516. The summed E-state index contributed by atoms with van der Waals surface area (Å²) in [5, 5.41) is 0. The van der Waals surface area contributed by atoms with Crippen LogP contribution >= 0.6 is 0 Å². The maximum absolute atomic E-state index is 12.7. The molecule has 0 unspecified atom stereocenters. The first-order valence-corrected chi connectivity index (χ1v) is 9.96. The van der Waals surface area contributed by atoms with Gasteiger partial charge in [-0.25, -0.2) is 8.42 Å². The molecule has 3 atom stereocenters. The van der Waals surface area contributed by atoms with Crippen molar-refractivity contribution in [3.05, 3.63) is 0 Å². The van der Waals surface area contributed by atoms with Gasteiger partial charge >= 0.3 is 0 Å². The van der Waals surface area contributed by atoms with Gasteiger partial charge in [0.2, 0.25) is 15.9 Å². The topological polar surface area (TPSA) is 89.7 Å². The number of nitrogens with zero attached hydrogens (tertiary/aromatic N) is 1. The van der Waals surface area contributed by atoms with Crippen molar-refractivity contribution < 1.29 is 17.9 Å². The Morgan fingerprint density at radius 2 is 1.91 bits per heavy atom. The third-order valence-corrected chi connectivity index (χ3v) is 7.46. The van der Waals surface area contributed by atoms with Crippen molar-refractivity contribution in [1.82, 2.24) is 4.31 Å². The molecule has 2 heterocycles. The van der Waals surface area contributed by atoms with Crippen molar-refractivity contribution in [2.45, 2.75) is 44.6 Å². The summed E-state index contributed by atoms with van der Waals surface area (Å²) >= 11 is 0. The summed E-state index contributed by atoms with van der Waals surface area (Å²) in [7, 11) is -3.40. The summed E-state index contributed by atoms with van der Waals surface area (Å²) in [5.74, 6) is 0.508. The third-order valence-electron chi connectivity index (χ3n) is 5.62. The molecule has 1 amide bonds. The van der Waals surface area contributed by atoms with Gasteiger partial charge in [-0.3, -0.25) is 4.79 Å². The molecule has 0 radical (unpaired) electrons. The van der Waals surface area contributed by atoms with E-state index in [9.17, 15) is 13.2 Å². The fourth-order valence-corrected chi connectivity index (χ4v) is 6.26. The van der Waals surface area contributed by atoms with Crippen LogP contribution < -0.4 is 5.73 Å². The van der Waals surface area contributed by atoms with Crippen molar-refractivity contribution in [3.8, 4) is 0 Å². The van der Waals surface area contributed by atoms with E-state index in [1.54, 1.807) is 0 Å². The summed E-state index contributed by atoms with van der Waals surface area (Å²) in [6.07, 6.45) is 5.53. The van der Waals surface area contributed by atoms with Gasteiger partial charge in [-0.2, -0.15) is 4.31 Å². The Labute approximate surface area is 132 Å². The normalized spacial score (nSPS) is 33.9. The Hall–Kier alpha value is -0.660. The van der Waals surface area contributed by atoms with Crippen molar-refractivity contribution in [1.29, 1.82) is 0 Å². The van der Waals surface area contributed by atoms with E-state index in [0.29, 0.717) is 24.8 Å². The van der Waals surface area contributed by atoms with E-state index in [1.807, 2.05) is 0 Å². The first-order chi connectivity index (χ1) is 10.5. The van der Waals surface area contributed by atoms with Crippen molar-refractivity contribution in [2.24, 2.45) is 23.5 Å². The second-order valence-electron chi connectivity index (χ2n) is 6.93. The third kappa shape index (κ3) is 3.16. The summed E-state index contributed by atoms with van der Waals surface area (Å²) in [4.78, 5) is 11.8. The number of amides is 1. The highest BCUT2D eigenvalue weighted by atomic mass is 32.2. The van der Waals surface area contributed by atoms with Crippen molar-refractivity contribution in [3.63, 3.8) is 0 Å². The standard InChI is InChI=1S/C15H26N2O4S/c16-15(18)14-13-3-1-2-12(13)10-17(14)22(19,20)9-6-11-4-7-21-8-5-11/h11-14H,1-10H2,(H2,16,18)/t12-,13+,14-/m0/s1. The number of primary amides is 1. The predicted molar refractivity (Wildman–Crippen MR) is 82.5 cm³/mol. The molecule has 0 aromatic heterocycles. The zero-order valence-corrected chi connectivity index (χ0v) is 13.8. The largest absolute Gasteiger partial charge is 0.381 e. The molecular weight excluding hydrogens is 304 g/mol. The van der Waals surface area contributed by atoms with Gasteiger partial charge in [0, 0.05) is 19.8 Å². The first-order valence-electron chi connectivity index (χ1n) is 8.35. The highest BCUT2D eigenvalue weighted by Crippen LogP contribution is 2.43. The number of sulfonamides is 1. The number of hydrogen-bond acceptors (Lipinski definition) is 4. The second kappa shape index (κ2) is 6.45. The van der Waals surface area contributed by atoms with Crippen LogP contribution in [0.4, 0.5) is 0 Å². The van der Waals surface area contributed by atoms with Crippen LogP contribution in [-0.2, 0) is 19.6 Å². The molecule has 1 saturated carbocycles. The minimum absolute atomic E-state index is 0.126. The molecule has 1 aliphatic carbocycles. The van der Waals surface area contributed by atoms with Crippen LogP contribution in [0.25, 0.3) is 0 Å². The van der Waals surface area contributed by atoms with E-state index in [2.05, 4.69) is 0 Å². The summed E-state index contributed by atoms with van der Waals surface area (Å²) in [5.41, 5.74) is 5.52. The molecule has 2 N–H and O–H groups in total. The van der Waals surface area contributed by atoms with Gasteiger partial charge in [-0.15, -0.1) is 0 Å². The average Bonchev–Trinajstić information content (AvgIpc) is 3.06. The second-order valence-corrected chi connectivity index (χ2v) is 8.97. The molecule has 0 bridgehead atoms. The molecule has 0 spiro atoms. The maximum atomic E-state index is 12.7. The van der Waals surface area contributed by atoms with Gasteiger partial charge in [0.25, 0.3) is 0 Å². The molecule has 3 rings (SSSR count). The monoisotopic (exact) mass is 330 g/mol. The minimum atomic E-state index is -3.40. The van der Waals surface area contributed by atoms with Crippen LogP contribution in [0.2, 0.25) is 0 Å². The highest BCUT2D eigenvalue weighted by Gasteiger charge is 2.50. The van der Waals surface area contributed by atoms with Crippen LogP contribution in [0.1, 0.15) is 38.5 Å². The Balaban J connectivity index is 1.66. The lowest BCUT2D eigenvalue weighted by Gasteiger charge is -2.26. The van der Waals surface area contributed by atoms with Crippen LogP contribution in [0.5, 0.6) is 0 Å². The van der Waals surface area contributed by atoms with Gasteiger partial charge < -0.3 is 10.5 Å². The molecule has 3 fully saturated rings. The van der Waals surface area contributed by atoms with Gasteiger partial charge in [0.05, 0.1) is 5.75 Å². The molecule has 126 valence electrons. The highest BCUT2D eigenvalue weighted by molar-refractivity contribution is 7.89. The Morgan fingerprint density at radius 1 is 1.18 bits per heavy atom.